The van der Waals surface area contributed by atoms with Gasteiger partial charge in [-0.25, -0.2) is 0 Å². The molecule has 0 atom stereocenters. The number of hydrogen-bond donors (Lipinski definition) is 3. The molecule has 6 heteroatoms. The molecule has 0 amide bonds. The number of aromatic amines is 1. The van der Waals surface area contributed by atoms with Crippen LogP contribution in [0.15, 0.2) is 18.3 Å². The molecule has 2 rings (SSSR count). The van der Waals surface area contributed by atoms with Gasteiger partial charge in [0.2, 0.25) is 0 Å². The van der Waals surface area contributed by atoms with Gasteiger partial charge < -0.3 is 15.6 Å². The molecule has 0 saturated heterocycles. The van der Waals surface area contributed by atoms with E-state index in [0.717, 1.165) is 0 Å². The van der Waals surface area contributed by atoms with Crippen molar-refractivity contribution < 1.29 is 9.84 Å². The summed E-state index contributed by atoms with van der Waals surface area (Å²) in [6.07, 6.45) is 1.52. The van der Waals surface area contributed by atoms with Crippen LogP contribution in [-0.2, 0) is 0 Å². The standard InChI is InChI=1S/C10H10ClN3O2/c1-16-9-3-8(15)5(2-7(9)11)6-4-13-14-10(6)12/h2-4,15H,1H3,(H3,12,13,14). The summed E-state index contributed by atoms with van der Waals surface area (Å²) in [6.45, 7) is 0. The minimum absolute atomic E-state index is 0.0364. The van der Waals surface area contributed by atoms with Gasteiger partial charge in [0, 0.05) is 17.2 Å². The Hall–Kier alpha value is -1.88. The van der Waals surface area contributed by atoms with Crippen molar-refractivity contribution in [3.05, 3.63) is 23.4 Å². The van der Waals surface area contributed by atoms with Crippen molar-refractivity contribution in [2.24, 2.45) is 0 Å². The number of benzene rings is 1. The second-order valence-electron chi connectivity index (χ2n) is 3.20. The zero-order chi connectivity index (χ0) is 11.7. The number of aromatic nitrogens is 2. The van der Waals surface area contributed by atoms with E-state index in [1.54, 1.807) is 6.07 Å². The molecule has 0 aliphatic rings. The van der Waals surface area contributed by atoms with E-state index in [1.165, 1.54) is 19.4 Å². The van der Waals surface area contributed by atoms with E-state index in [4.69, 9.17) is 22.1 Å². The summed E-state index contributed by atoms with van der Waals surface area (Å²) in [7, 11) is 1.48. The lowest BCUT2D eigenvalue weighted by atomic mass is 10.1. The predicted octanol–water partition coefficient (Wildman–Crippen LogP) is 2.03. The molecule has 1 aromatic heterocycles. The SMILES string of the molecule is COc1cc(O)c(-c2cn[nH]c2N)cc1Cl. The van der Waals surface area contributed by atoms with Gasteiger partial charge in [-0.2, -0.15) is 5.10 Å². The second kappa shape index (κ2) is 3.94. The van der Waals surface area contributed by atoms with Gasteiger partial charge >= 0.3 is 0 Å². The average molecular weight is 240 g/mol. The molecule has 4 N–H and O–H groups in total. The Morgan fingerprint density at radius 2 is 2.19 bits per heavy atom. The minimum atomic E-state index is 0.0364. The Kier molecular flexibility index (Phi) is 2.62. The highest BCUT2D eigenvalue weighted by Crippen LogP contribution is 2.39. The molecule has 0 aliphatic carbocycles. The second-order valence-corrected chi connectivity index (χ2v) is 3.61. The summed E-state index contributed by atoms with van der Waals surface area (Å²) in [5.74, 6) is 0.816. The molecule has 0 saturated carbocycles. The molecule has 0 bridgehead atoms. The lowest BCUT2D eigenvalue weighted by Crippen LogP contribution is -1.90. The highest BCUT2D eigenvalue weighted by Gasteiger charge is 2.13. The lowest BCUT2D eigenvalue weighted by molar-refractivity contribution is 0.408. The lowest BCUT2D eigenvalue weighted by Gasteiger charge is -2.08. The predicted molar refractivity (Wildman–Crippen MR) is 61.7 cm³/mol. The number of nitrogens with one attached hydrogen (secondary N) is 1. The number of rotatable bonds is 2. The van der Waals surface area contributed by atoms with Crippen LogP contribution in [0.2, 0.25) is 5.02 Å². The topological polar surface area (TPSA) is 84.2 Å². The fraction of sp³-hybridized carbons (Fsp3) is 0.100. The van der Waals surface area contributed by atoms with E-state index in [-0.39, 0.29) is 5.75 Å². The van der Waals surface area contributed by atoms with Crippen LogP contribution in [0.25, 0.3) is 11.1 Å². The molecule has 84 valence electrons. The van der Waals surface area contributed by atoms with Gasteiger partial charge in [-0.1, -0.05) is 11.6 Å². The molecule has 0 fully saturated rings. The number of nitrogens with two attached hydrogens (primary N) is 1. The van der Waals surface area contributed by atoms with Crippen molar-refractivity contribution in [2.45, 2.75) is 0 Å². The van der Waals surface area contributed by atoms with Gasteiger partial charge in [0.05, 0.1) is 18.3 Å². The van der Waals surface area contributed by atoms with Gasteiger partial charge in [-0.05, 0) is 6.07 Å². The van der Waals surface area contributed by atoms with Crippen LogP contribution < -0.4 is 10.5 Å². The first-order valence-electron chi connectivity index (χ1n) is 4.49. The summed E-state index contributed by atoms with van der Waals surface area (Å²) >= 11 is 5.96. The van der Waals surface area contributed by atoms with Gasteiger partial charge in [0.15, 0.2) is 0 Å². The Morgan fingerprint density at radius 1 is 1.44 bits per heavy atom. The molecule has 1 aromatic carbocycles. The zero-order valence-corrected chi connectivity index (χ0v) is 9.25. The van der Waals surface area contributed by atoms with Gasteiger partial charge in [0.25, 0.3) is 0 Å². The molecular formula is C10H10ClN3O2. The van der Waals surface area contributed by atoms with E-state index >= 15 is 0 Å². The molecule has 0 aliphatic heterocycles. The first-order valence-corrected chi connectivity index (χ1v) is 4.87. The molecule has 5 nitrogen and oxygen atoms in total. The maximum Gasteiger partial charge on any atom is 0.141 e. The van der Waals surface area contributed by atoms with Crippen LogP contribution in [0.3, 0.4) is 0 Å². The quantitative estimate of drug-likeness (QED) is 0.749. The summed E-state index contributed by atoms with van der Waals surface area (Å²) in [4.78, 5) is 0. The number of halogens is 1. The molecular weight excluding hydrogens is 230 g/mol. The smallest absolute Gasteiger partial charge is 0.141 e. The molecule has 2 aromatic rings. The van der Waals surface area contributed by atoms with Crippen molar-refractivity contribution in [1.82, 2.24) is 10.2 Å². The van der Waals surface area contributed by atoms with E-state index in [1.807, 2.05) is 0 Å². The number of anilines is 1. The average Bonchev–Trinajstić information content (AvgIpc) is 2.67. The van der Waals surface area contributed by atoms with Crippen molar-refractivity contribution >= 4 is 17.4 Å². The Morgan fingerprint density at radius 3 is 2.75 bits per heavy atom. The number of nitrogens with zero attached hydrogens (tertiary/aromatic N) is 1. The van der Waals surface area contributed by atoms with Crippen LogP contribution in [0.1, 0.15) is 0 Å². The summed E-state index contributed by atoms with van der Waals surface area (Å²) in [5.41, 5.74) is 6.77. The fourth-order valence-corrected chi connectivity index (χ4v) is 1.67. The first-order chi connectivity index (χ1) is 7.63. The van der Waals surface area contributed by atoms with Gasteiger partial charge in [-0.3, -0.25) is 5.10 Å². The Balaban J connectivity index is 2.59. The maximum atomic E-state index is 9.81. The monoisotopic (exact) mass is 239 g/mol. The van der Waals surface area contributed by atoms with E-state index in [9.17, 15) is 5.11 Å². The van der Waals surface area contributed by atoms with E-state index < -0.39 is 0 Å². The highest BCUT2D eigenvalue weighted by molar-refractivity contribution is 6.32. The third kappa shape index (κ3) is 1.65. The van der Waals surface area contributed by atoms with Gasteiger partial charge in [-0.15, -0.1) is 0 Å². The van der Waals surface area contributed by atoms with Crippen LogP contribution in [-0.4, -0.2) is 22.4 Å². The third-order valence-electron chi connectivity index (χ3n) is 2.23. The maximum absolute atomic E-state index is 9.81. The number of nitrogen functional groups attached to an aromatic ring is 1. The zero-order valence-electron chi connectivity index (χ0n) is 8.49. The van der Waals surface area contributed by atoms with Crippen LogP contribution in [0.4, 0.5) is 5.82 Å². The minimum Gasteiger partial charge on any atom is -0.507 e. The number of ether oxygens (including phenoxy) is 1. The first kappa shape index (κ1) is 10.6. The van der Waals surface area contributed by atoms with Crippen molar-refractivity contribution in [1.29, 1.82) is 0 Å². The van der Waals surface area contributed by atoms with Crippen molar-refractivity contribution in [3.63, 3.8) is 0 Å². The van der Waals surface area contributed by atoms with Crippen LogP contribution in [0, 0.1) is 0 Å². The van der Waals surface area contributed by atoms with Crippen molar-refractivity contribution in [2.75, 3.05) is 12.8 Å². The number of hydrogen-bond acceptors (Lipinski definition) is 4. The molecule has 0 spiro atoms. The largest absolute Gasteiger partial charge is 0.507 e. The number of H-pyrrole nitrogens is 1. The van der Waals surface area contributed by atoms with Crippen LogP contribution >= 0.6 is 11.6 Å². The summed E-state index contributed by atoms with van der Waals surface area (Å²) in [6, 6.07) is 3.01. The molecule has 0 unspecified atom stereocenters. The highest BCUT2D eigenvalue weighted by atomic mass is 35.5. The van der Waals surface area contributed by atoms with E-state index in [0.29, 0.717) is 27.7 Å². The number of phenolic OH excluding ortho intramolecular Hbond substituents is 1. The van der Waals surface area contributed by atoms with E-state index in [2.05, 4.69) is 10.2 Å². The summed E-state index contributed by atoms with van der Waals surface area (Å²) in [5, 5.41) is 16.6. The third-order valence-corrected chi connectivity index (χ3v) is 2.52. The molecule has 0 radical (unpaired) electrons. The number of methoxy groups -OCH3 is 1. The number of phenols is 1. The summed E-state index contributed by atoms with van der Waals surface area (Å²) < 4.78 is 4.98. The fourth-order valence-electron chi connectivity index (χ4n) is 1.43. The molecule has 16 heavy (non-hydrogen) atoms. The van der Waals surface area contributed by atoms with Gasteiger partial charge in [0.1, 0.15) is 17.3 Å². The molecule has 1 heterocycles. The van der Waals surface area contributed by atoms with Crippen molar-refractivity contribution in [3.8, 4) is 22.6 Å². The Bertz CT molecular complexity index is 525. The Labute approximate surface area is 96.8 Å². The number of aromatic hydroxyl groups is 1. The normalized spacial score (nSPS) is 10.4. The van der Waals surface area contributed by atoms with Crippen LogP contribution in [0.5, 0.6) is 11.5 Å².